The summed E-state index contributed by atoms with van der Waals surface area (Å²) in [7, 11) is 0. The summed E-state index contributed by atoms with van der Waals surface area (Å²) >= 11 is 1.81. The van der Waals surface area contributed by atoms with Gasteiger partial charge in [0.2, 0.25) is 0 Å². The molecule has 0 unspecified atom stereocenters. The molecule has 0 radical (unpaired) electrons. The van der Waals surface area contributed by atoms with Crippen LogP contribution in [-0.2, 0) is 13.1 Å². The predicted octanol–water partition coefficient (Wildman–Crippen LogP) is 3.61. The monoisotopic (exact) mass is 333 g/mol. The molecule has 1 fully saturated rings. The Morgan fingerprint density at radius 1 is 1.09 bits per heavy atom. The van der Waals surface area contributed by atoms with Crippen LogP contribution in [-0.4, -0.2) is 41.0 Å². The van der Waals surface area contributed by atoms with Gasteiger partial charge in [0, 0.05) is 31.1 Å². The van der Waals surface area contributed by atoms with E-state index in [0.29, 0.717) is 0 Å². The second kappa shape index (κ2) is 7.51. The van der Waals surface area contributed by atoms with E-state index in [1.54, 1.807) is 12.1 Å². The van der Waals surface area contributed by atoms with Crippen LogP contribution in [0.3, 0.4) is 0 Å². The van der Waals surface area contributed by atoms with E-state index >= 15 is 0 Å². The van der Waals surface area contributed by atoms with Gasteiger partial charge in [0.1, 0.15) is 5.82 Å². The van der Waals surface area contributed by atoms with Crippen LogP contribution in [0.2, 0.25) is 0 Å². The quantitative estimate of drug-likeness (QED) is 0.852. The zero-order chi connectivity index (χ0) is 16.2. The summed E-state index contributed by atoms with van der Waals surface area (Å²) in [6.07, 6.45) is 1.16. The van der Waals surface area contributed by atoms with Crippen molar-refractivity contribution in [3.05, 3.63) is 51.2 Å². The van der Waals surface area contributed by atoms with Crippen LogP contribution in [0.5, 0.6) is 0 Å². The second-order valence-corrected chi connectivity index (χ2v) is 7.56. The van der Waals surface area contributed by atoms with Crippen molar-refractivity contribution in [2.24, 2.45) is 0 Å². The smallest absolute Gasteiger partial charge is 0.123 e. The van der Waals surface area contributed by atoms with Gasteiger partial charge in [-0.15, -0.1) is 11.3 Å². The minimum absolute atomic E-state index is 0.144. The van der Waals surface area contributed by atoms with E-state index in [1.165, 1.54) is 16.6 Å². The molecule has 1 saturated heterocycles. The molecule has 1 aliphatic rings. The molecule has 124 valence electrons. The van der Waals surface area contributed by atoms with Crippen molar-refractivity contribution in [3.8, 4) is 0 Å². The average molecular weight is 333 g/mol. The highest BCUT2D eigenvalue weighted by Gasteiger charge is 2.17. The molecule has 0 N–H and O–H groups in total. The fourth-order valence-corrected chi connectivity index (χ4v) is 4.14. The Labute approximate surface area is 141 Å². The molecular weight excluding hydrogens is 309 g/mol. The molecule has 0 atom stereocenters. The second-order valence-electron chi connectivity index (χ2n) is 6.28. The first-order valence-electron chi connectivity index (χ1n) is 8.22. The van der Waals surface area contributed by atoms with Gasteiger partial charge in [0.05, 0.1) is 10.7 Å². The third-order valence-electron chi connectivity index (χ3n) is 4.34. The Bertz CT molecular complexity index is 655. The van der Waals surface area contributed by atoms with Gasteiger partial charge in [0.25, 0.3) is 0 Å². The third kappa shape index (κ3) is 4.59. The van der Waals surface area contributed by atoms with Crippen molar-refractivity contribution in [2.45, 2.75) is 33.4 Å². The third-order valence-corrected chi connectivity index (χ3v) is 5.40. The minimum atomic E-state index is -0.144. The molecule has 1 aliphatic heterocycles. The largest absolute Gasteiger partial charge is 0.298 e. The molecule has 0 saturated carbocycles. The molecule has 5 heteroatoms. The van der Waals surface area contributed by atoms with Gasteiger partial charge in [-0.05, 0) is 51.1 Å². The van der Waals surface area contributed by atoms with Crippen molar-refractivity contribution < 1.29 is 4.39 Å². The Kier molecular flexibility index (Phi) is 5.41. The van der Waals surface area contributed by atoms with Gasteiger partial charge in [-0.3, -0.25) is 9.80 Å². The molecule has 3 nitrogen and oxygen atoms in total. The molecule has 3 rings (SSSR count). The van der Waals surface area contributed by atoms with E-state index in [0.717, 1.165) is 56.3 Å². The summed E-state index contributed by atoms with van der Waals surface area (Å²) in [5.41, 5.74) is 2.24. The minimum Gasteiger partial charge on any atom is -0.298 e. The molecule has 0 spiro atoms. The number of rotatable bonds is 4. The van der Waals surface area contributed by atoms with E-state index in [-0.39, 0.29) is 5.82 Å². The lowest BCUT2D eigenvalue weighted by Gasteiger charge is -2.21. The van der Waals surface area contributed by atoms with Gasteiger partial charge in [-0.2, -0.15) is 0 Å². The number of aryl methyl sites for hydroxylation is 2. The van der Waals surface area contributed by atoms with E-state index in [9.17, 15) is 4.39 Å². The van der Waals surface area contributed by atoms with E-state index in [4.69, 9.17) is 0 Å². The summed E-state index contributed by atoms with van der Waals surface area (Å²) in [6, 6.07) is 6.96. The van der Waals surface area contributed by atoms with E-state index in [2.05, 4.69) is 28.6 Å². The zero-order valence-corrected chi connectivity index (χ0v) is 14.7. The average Bonchev–Trinajstić information content (AvgIpc) is 2.69. The Balaban J connectivity index is 1.55. The maximum Gasteiger partial charge on any atom is 0.123 e. The standard InChI is InChI=1S/C18H24FN3S/c1-14-18(23-15(2)20-14)13-22-8-4-7-21(9-10-22)12-16-5-3-6-17(19)11-16/h3,5-6,11H,4,7-10,12-13H2,1-2H3. The summed E-state index contributed by atoms with van der Waals surface area (Å²) < 4.78 is 13.3. The Morgan fingerprint density at radius 3 is 2.48 bits per heavy atom. The normalized spacial score (nSPS) is 17.3. The molecule has 2 heterocycles. The van der Waals surface area contributed by atoms with E-state index < -0.39 is 0 Å². The number of hydrogen-bond acceptors (Lipinski definition) is 4. The van der Waals surface area contributed by atoms with Gasteiger partial charge in [0.15, 0.2) is 0 Å². The highest BCUT2D eigenvalue weighted by atomic mass is 32.1. The first kappa shape index (κ1) is 16.6. The number of hydrogen-bond donors (Lipinski definition) is 0. The van der Waals surface area contributed by atoms with Crippen LogP contribution in [0.25, 0.3) is 0 Å². The molecule has 23 heavy (non-hydrogen) atoms. The molecule has 1 aromatic heterocycles. The number of benzene rings is 1. The maximum atomic E-state index is 13.3. The van der Waals surface area contributed by atoms with Crippen LogP contribution >= 0.6 is 11.3 Å². The maximum absolute atomic E-state index is 13.3. The lowest BCUT2D eigenvalue weighted by molar-refractivity contribution is 0.248. The lowest BCUT2D eigenvalue weighted by atomic mass is 10.2. The number of halogens is 1. The van der Waals surface area contributed by atoms with Crippen molar-refractivity contribution >= 4 is 11.3 Å². The highest BCUT2D eigenvalue weighted by molar-refractivity contribution is 7.11. The SMILES string of the molecule is Cc1nc(C)c(CN2CCCN(Cc3cccc(F)c3)CC2)s1. The first-order valence-corrected chi connectivity index (χ1v) is 9.04. The van der Waals surface area contributed by atoms with Crippen LogP contribution < -0.4 is 0 Å². The predicted molar refractivity (Wildman–Crippen MR) is 93.2 cm³/mol. The van der Waals surface area contributed by atoms with Crippen LogP contribution in [0.1, 0.15) is 27.6 Å². The van der Waals surface area contributed by atoms with Crippen LogP contribution in [0.15, 0.2) is 24.3 Å². The molecular formula is C18H24FN3S. The number of nitrogens with zero attached hydrogens (tertiary/aromatic N) is 3. The summed E-state index contributed by atoms with van der Waals surface area (Å²) in [6.45, 7) is 10.3. The first-order chi connectivity index (χ1) is 11.1. The van der Waals surface area contributed by atoms with E-state index in [1.807, 2.05) is 17.4 Å². The van der Waals surface area contributed by atoms with Crippen molar-refractivity contribution in [1.82, 2.24) is 14.8 Å². The van der Waals surface area contributed by atoms with Crippen molar-refractivity contribution in [1.29, 1.82) is 0 Å². The Hall–Kier alpha value is -1.30. The van der Waals surface area contributed by atoms with Crippen LogP contribution in [0.4, 0.5) is 4.39 Å². The summed E-state index contributed by atoms with van der Waals surface area (Å²) in [5, 5.41) is 1.15. The van der Waals surface area contributed by atoms with Gasteiger partial charge >= 0.3 is 0 Å². The zero-order valence-electron chi connectivity index (χ0n) is 13.9. The lowest BCUT2D eigenvalue weighted by Crippen LogP contribution is -2.30. The number of aromatic nitrogens is 1. The fraction of sp³-hybridized carbons (Fsp3) is 0.500. The summed E-state index contributed by atoms with van der Waals surface area (Å²) in [5.74, 6) is -0.144. The van der Waals surface area contributed by atoms with Crippen molar-refractivity contribution in [2.75, 3.05) is 26.2 Å². The topological polar surface area (TPSA) is 19.4 Å². The molecule has 2 aromatic rings. The molecule has 1 aromatic carbocycles. The summed E-state index contributed by atoms with van der Waals surface area (Å²) in [4.78, 5) is 10.9. The highest BCUT2D eigenvalue weighted by Crippen LogP contribution is 2.20. The fourth-order valence-electron chi connectivity index (χ4n) is 3.16. The van der Waals surface area contributed by atoms with Gasteiger partial charge in [-0.25, -0.2) is 9.37 Å². The molecule has 0 amide bonds. The Morgan fingerprint density at radius 2 is 1.83 bits per heavy atom. The number of thiazole rings is 1. The van der Waals surface area contributed by atoms with Crippen LogP contribution in [0, 0.1) is 19.7 Å². The van der Waals surface area contributed by atoms with Crippen molar-refractivity contribution in [3.63, 3.8) is 0 Å². The molecule has 0 bridgehead atoms. The molecule has 0 aliphatic carbocycles. The van der Waals surface area contributed by atoms with Gasteiger partial charge in [-0.1, -0.05) is 12.1 Å². The van der Waals surface area contributed by atoms with Gasteiger partial charge < -0.3 is 0 Å².